The highest BCUT2D eigenvalue weighted by Gasteiger charge is 2.32. The van der Waals surface area contributed by atoms with E-state index < -0.39 is 21.5 Å². The second-order valence-corrected chi connectivity index (χ2v) is 7.01. The molecule has 0 aliphatic carbocycles. The van der Waals surface area contributed by atoms with E-state index in [4.69, 9.17) is 5.11 Å². The van der Waals surface area contributed by atoms with Gasteiger partial charge >= 0.3 is 5.97 Å². The summed E-state index contributed by atoms with van der Waals surface area (Å²) >= 11 is 0. The molecule has 0 saturated heterocycles. The Bertz CT molecular complexity index is 779. The Balaban J connectivity index is 2.34. The summed E-state index contributed by atoms with van der Waals surface area (Å²) in [6.07, 6.45) is 1.59. The molecule has 0 aliphatic heterocycles. The number of sulfonamides is 1. The second kappa shape index (κ2) is 5.42. The van der Waals surface area contributed by atoms with Crippen molar-refractivity contribution < 1.29 is 18.3 Å². The molecule has 6 nitrogen and oxygen atoms in total. The monoisotopic (exact) mass is 308 g/mol. The number of hydrogen-bond acceptors (Lipinski definition) is 4. The molecule has 112 valence electrons. The van der Waals surface area contributed by atoms with E-state index in [2.05, 4.69) is 9.71 Å². The van der Waals surface area contributed by atoms with Crippen LogP contribution in [0.25, 0.3) is 10.9 Å². The molecule has 7 heteroatoms. The molecule has 0 spiro atoms. The van der Waals surface area contributed by atoms with Crippen molar-refractivity contribution in [2.45, 2.75) is 25.1 Å². The Morgan fingerprint density at radius 3 is 2.62 bits per heavy atom. The van der Waals surface area contributed by atoms with Crippen LogP contribution in [0.5, 0.6) is 0 Å². The molecule has 1 aromatic carbocycles. The number of hydrogen-bond donors (Lipinski definition) is 2. The third kappa shape index (κ3) is 3.56. The maximum atomic E-state index is 12.2. The summed E-state index contributed by atoms with van der Waals surface area (Å²) in [6.45, 7) is 2.60. The minimum atomic E-state index is -3.80. The van der Waals surface area contributed by atoms with Gasteiger partial charge in [0.25, 0.3) is 0 Å². The molecular formula is C14H16N2O4S. The molecule has 0 bridgehead atoms. The van der Waals surface area contributed by atoms with Gasteiger partial charge in [-0.15, -0.1) is 0 Å². The van der Waals surface area contributed by atoms with Crippen molar-refractivity contribution in [3.63, 3.8) is 0 Å². The fraction of sp³-hybridized carbons (Fsp3) is 0.286. The van der Waals surface area contributed by atoms with Gasteiger partial charge in [-0.1, -0.05) is 24.3 Å². The van der Waals surface area contributed by atoms with Crippen LogP contribution in [0.1, 0.15) is 19.4 Å². The fourth-order valence-electron chi connectivity index (χ4n) is 1.96. The number of pyridine rings is 1. The number of carboxylic acid groups (broad SMARTS) is 1. The quantitative estimate of drug-likeness (QED) is 0.873. The third-order valence-electron chi connectivity index (χ3n) is 3.01. The number of carbonyl (C=O) groups is 1. The molecule has 0 radical (unpaired) electrons. The number of para-hydroxylation sites is 1. The highest BCUT2D eigenvalue weighted by Crippen LogP contribution is 2.18. The predicted molar refractivity (Wildman–Crippen MR) is 79.2 cm³/mol. The average Bonchev–Trinajstić information content (AvgIpc) is 2.37. The Morgan fingerprint density at radius 1 is 1.29 bits per heavy atom. The Labute approximate surface area is 122 Å². The zero-order chi connectivity index (χ0) is 15.7. The molecule has 1 heterocycles. The maximum Gasteiger partial charge on any atom is 0.324 e. The number of aliphatic carboxylic acids is 1. The van der Waals surface area contributed by atoms with Crippen LogP contribution in [0.3, 0.4) is 0 Å². The van der Waals surface area contributed by atoms with Gasteiger partial charge in [0.15, 0.2) is 0 Å². The van der Waals surface area contributed by atoms with Crippen molar-refractivity contribution >= 4 is 26.9 Å². The molecule has 0 atom stereocenters. The van der Waals surface area contributed by atoms with Gasteiger partial charge in [0.05, 0.1) is 11.3 Å². The standard InChI is InChI=1S/C14H16N2O4S/c1-14(2,13(17)18)16-21(19,20)9-11-6-3-5-10-7-4-8-15-12(10)11/h3-8,16H,9H2,1-2H3,(H,17,18). The molecule has 2 aromatic rings. The van der Waals surface area contributed by atoms with Crippen LogP contribution in [0, 0.1) is 0 Å². The molecule has 0 amide bonds. The smallest absolute Gasteiger partial charge is 0.324 e. The van der Waals surface area contributed by atoms with E-state index in [0.29, 0.717) is 11.1 Å². The molecule has 0 saturated carbocycles. The van der Waals surface area contributed by atoms with Crippen molar-refractivity contribution in [2.75, 3.05) is 0 Å². The minimum absolute atomic E-state index is 0.321. The van der Waals surface area contributed by atoms with E-state index in [-0.39, 0.29) is 5.75 Å². The minimum Gasteiger partial charge on any atom is -0.480 e. The third-order valence-corrected chi connectivity index (χ3v) is 4.52. The summed E-state index contributed by atoms with van der Waals surface area (Å²) in [7, 11) is -3.80. The molecule has 21 heavy (non-hydrogen) atoms. The lowest BCUT2D eigenvalue weighted by atomic mass is 10.1. The lowest BCUT2D eigenvalue weighted by Crippen LogP contribution is -2.49. The topological polar surface area (TPSA) is 96.4 Å². The van der Waals surface area contributed by atoms with Crippen LogP contribution in [0.4, 0.5) is 0 Å². The van der Waals surface area contributed by atoms with Crippen molar-refractivity contribution in [3.8, 4) is 0 Å². The number of nitrogens with one attached hydrogen (secondary N) is 1. The van der Waals surface area contributed by atoms with Crippen LogP contribution in [0.15, 0.2) is 36.5 Å². The number of rotatable bonds is 5. The lowest BCUT2D eigenvalue weighted by Gasteiger charge is -2.21. The first-order chi connectivity index (χ1) is 9.71. The van der Waals surface area contributed by atoms with Gasteiger partial charge in [0.1, 0.15) is 5.54 Å². The number of fused-ring (bicyclic) bond motifs is 1. The Kier molecular flexibility index (Phi) is 3.97. The summed E-state index contributed by atoms with van der Waals surface area (Å²) in [5.41, 5.74) is -0.433. The summed E-state index contributed by atoms with van der Waals surface area (Å²) in [6, 6.07) is 8.87. The molecule has 0 fully saturated rings. The van der Waals surface area contributed by atoms with Crippen LogP contribution in [-0.2, 0) is 20.6 Å². The highest BCUT2D eigenvalue weighted by molar-refractivity contribution is 7.88. The summed E-state index contributed by atoms with van der Waals surface area (Å²) < 4.78 is 26.5. The Morgan fingerprint density at radius 2 is 1.95 bits per heavy atom. The predicted octanol–water partition coefficient (Wildman–Crippen LogP) is 1.52. The van der Waals surface area contributed by atoms with Gasteiger partial charge in [-0.05, 0) is 25.5 Å². The molecular weight excluding hydrogens is 292 g/mol. The van der Waals surface area contributed by atoms with Gasteiger partial charge < -0.3 is 5.11 Å². The van der Waals surface area contributed by atoms with E-state index >= 15 is 0 Å². The van der Waals surface area contributed by atoms with Gasteiger partial charge in [0, 0.05) is 11.6 Å². The summed E-state index contributed by atoms with van der Waals surface area (Å²) in [5, 5.41) is 9.84. The molecule has 0 unspecified atom stereocenters. The van der Waals surface area contributed by atoms with Crippen LogP contribution in [-0.4, -0.2) is 30.0 Å². The lowest BCUT2D eigenvalue weighted by molar-refractivity contribution is -0.142. The maximum absolute atomic E-state index is 12.2. The van der Waals surface area contributed by atoms with Gasteiger partial charge in [-0.2, -0.15) is 4.72 Å². The molecule has 2 rings (SSSR count). The second-order valence-electron chi connectivity index (χ2n) is 5.28. The van der Waals surface area contributed by atoms with Crippen LogP contribution >= 0.6 is 0 Å². The van der Waals surface area contributed by atoms with Crippen LogP contribution in [0.2, 0.25) is 0 Å². The molecule has 1 aromatic heterocycles. The fourth-order valence-corrected chi connectivity index (χ4v) is 3.54. The Hall–Kier alpha value is -1.99. The van der Waals surface area contributed by atoms with E-state index in [0.717, 1.165) is 5.39 Å². The number of aromatic nitrogens is 1. The first-order valence-electron chi connectivity index (χ1n) is 6.29. The van der Waals surface area contributed by atoms with Gasteiger partial charge in [-0.25, -0.2) is 8.42 Å². The number of nitrogens with zero attached hydrogens (tertiary/aromatic N) is 1. The highest BCUT2D eigenvalue weighted by atomic mass is 32.2. The van der Waals surface area contributed by atoms with E-state index in [9.17, 15) is 13.2 Å². The van der Waals surface area contributed by atoms with Crippen molar-refractivity contribution in [1.82, 2.24) is 9.71 Å². The van der Waals surface area contributed by atoms with E-state index in [1.807, 2.05) is 12.1 Å². The number of benzene rings is 1. The molecule has 2 N–H and O–H groups in total. The van der Waals surface area contributed by atoms with Crippen molar-refractivity contribution in [2.24, 2.45) is 0 Å². The van der Waals surface area contributed by atoms with E-state index in [1.165, 1.54) is 13.8 Å². The zero-order valence-corrected chi connectivity index (χ0v) is 12.5. The van der Waals surface area contributed by atoms with Crippen LogP contribution < -0.4 is 4.72 Å². The summed E-state index contributed by atoms with van der Waals surface area (Å²) in [5.74, 6) is -1.56. The first-order valence-corrected chi connectivity index (χ1v) is 7.94. The molecule has 0 aliphatic rings. The summed E-state index contributed by atoms with van der Waals surface area (Å²) in [4.78, 5) is 15.2. The van der Waals surface area contributed by atoms with Crippen molar-refractivity contribution in [1.29, 1.82) is 0 Å². The van der Waals surface area contributed by atoms with E-state index in [1.54, 1.807) is 24.4 Å². The first kappa shape index (κ1) is 15.4. The SMILES string of the molecule is CC(C)(NS(=O)(=O)Cc1cccc2cccnc12)C(=O)O. The van der Waals surface area contributed by atoms with Gasteiger partial charge in [0.2, 0.25) is 10.0 Å². The van der Waals surface area contributed by atoms with Crippen molar-refractivity contribution in [3.05, 3.63) is 42.1 Å². The van der Waals surface area contributed by atoms with Gasteiger partial charge in [-0.3, -0.25) is 9.78 Å². The normalized spacial score (nSPS) is 12.5. The largest absolute Gasteiger partial charge is 0.480 e. The average molecular weight is 308 g/mol. The number of carboxylic acids is 1. The zero-order valence-electron chi connectivity index (χ0n) is 11.7.